The van der Waals surface area contributed by atoms with Crippen LogP contribution in [0.4, 0.5) is 0 Å². The zero-order valence-corrected chi connectivity index (χ0v) is 11.5. The lowest BCUT2D eigenvalue weighted by Gasteiger charge is -2.13. The van der Waals surface area contributed by atoms with Crippen LogP contribution in [-0.4, -0.2) is 15.1 Å². The Bertz CT molecular complexity index is 740. The molecule has 2 heterocycles. The summed E-state index contributed by atoms with van der Waals surface area (Å²) in [7, 11) is 0. The quantitative estimate of drug-likeness (QED) is 0.800. The molecule has 0 spiro atoms. The molecule has 0 radical (unpaired) electrons. The van der Waals surface area contributed by atoms with E-state index in [2.05, 4.69) is 9.97 Å². The minimum absolute atomic E-state index is 0.485. The lowest BCUT2D eigenvalue weighted by Crippen LogP contribution is -2.03. The van der Waals surface area contributed by atoms with Gasteiger partial charge in [0, 0.05) is 36.0 Å². The van der Waals surface area contributed by atoms with E-state index in [1.54, 1.807) is 24.7 Å². The highest BCUT2D eigenvalue weighted by Crippen LogP contribution is 2.27. The Kier molecular flexibility index (Phi) is 3.63. The van der Waals surface area contributed by atoms with E-state index in [0.29, 0.717) is 17.0 Å². The molecular formula is C16H13ClN2O. The van der Waals surface area contributed by atoms with Crippen LogP contribution in [0.2, 0.25) is 5.02 Å². The van der Waals surface area contributed by atoms with Gasteiger partial charge in [-0.2, -0.15) is 0 Å². The summed E-state index contributed by atoms with van der Waals surface area (Å²) in [6, 6.07) is 11.6. The number of hydrogen-bond donors (Lipinski definition) is 1. The minimum atomic E-state index is -0.656. The van der Waals surface area contributed by atoms with Gasteiger partial charge in [0.2, 0.25) is 0 Å². The van der Waals surface area contributed by atoms with Crippen molar-refractivity contribution in [3.05, 3.63) is 71.1 Å². The summed E-state index contributed by atoms with van der Waals surface area (Å²) < 4.78 is 0. The lowest BCUT2D eigenvalue weighted by atomic mass is 9.99. The fourth-order valence-corrected chi connectivity index (χ4v) is 2.55. The van der Waals surface area contributed by atoms with Crippen LogP contribution in [0.25, 0.3) is 10.9 Å². The van der Waals surface area contributed by atoms with Crippen molar-refractivity contribution in [2.45, 2.75) is 12.5 Å². The minimum Gasteiger partial charge on any atom is -0.388 e. The standard InChI is InChI=1S/C16H13ClN2O/c17-14-10-18-7-6-13(14)16(20)9-11-5-8-19-15-4-2-1-3-12(11)15/h1-8,10,16,20H,9H2. The Hall–Kier alpha value is -1.97. The number of nitrogens with zero attached hydrogens (tertiary/aromatic N) is 2. The number of hydrogen-bond acceptors (Lipinski definition) is 3. The summed E-state index contributed by atoms with van der Waals surface area (Å²) in [5.74, 6) is 0. The van der Waals surface area contributed by atoms with Crippen LogP contribution in [0, 0.1) is 0 Å². The third-order valence-electron chi connectivity index (χ3n) is 3.32. The Balaban J connectivity index is 1.96. The second-order valence-corrected chi connectivity index (χ2v) is 5.01. The van der Waals surface area contributed by atoms with Crippen molar-refractivity contribution in [2.24, 2.45) is 0 Å². The molecule has 1 N–H and O–H groups in total. The Morgan fingerprint density at radius 2 is 1.95 bits per heavy atom. The molecule has 3 rings (SSSR count). The summed E-state index contributed by atoms with van der Waals surface area (Å²) >= 11 is 6.07. The van der Waals surface area contributed by atoms with E-state index in [0.717, 1.165) is 16.5 Å². The number of fused-ring (bicyclic) bond motifs is 1. The topological polar surface area (TPSA) is 46.0 Å². The van der Waals surface area contributed by atoms with Gasteiger partial charge < -0.3 is 5.11 Å². The second-order valence-electron chi connectivity index (χ2n) is 4.60. The number of aliphatic hydroxyl groups is 1. The summed E-state index contributed by atoms with van der Waals surface area (Å²) in [4.78, 5) is 8.25. The van der Waals surface area contributed by atoms with Gasteiger partial charge in [-0.25, -0.2) is 0 Å². The van der Waals surface area contributed by atoms with Gasteiger partial charge in [0.1, 0.15) is 0 Å². The van der Waals surface area contributed by atoms with Crippen molar-refractivity contribution >= 4 is 22.5 Å². The van der Waals surface area contributed by atoms with E-state index in [9.17, 15) is 5.11 Å². The molecule has 0 saturated carbocycles. The number of rotatable bonds is 3. The SMILES string of the molecule is OC(Cc1ccnc2ccccc12)c1ccncc1Cl. The zero-order valence-electron chi connectivity index (χ0n) is 10.7. The van der Waals surface area contributed by atoms with Crippen LogP contribution < -0.4 is 0 Å². The van der Waals surface area contributed by atoms with E-state index in [4.69, 9.17) is 11.6 Å². The number of aliphatic hydroxyl groups excluding tert-OH is 1. The molecule has 3 nitrogen and oxygen atoms in total. The average Bonchev–Trinajstić information content (AvgIpc) is 2.48. The highest BCUT2D eigenvalue weighted by molar-refractivity contribution is 6.31. The van der Waals surface area contributed by atoms with Crippen LogP contribution >= 0.6 is 11.6 Å². The van der Waals surface area contributed by atoms with E-state index in [1.807, 2.05) is 30.3 Å². The van der Waals surface area contributed by atoms with E-state index in [1.165, 1.54) is 0 Å². The third-order valence-corrected chi connectivity index (χ3v) is 3.63. The molecule has 1 atom stereocenters. The number of pyridine rings is 2. The molecule has 4 heteroatoms. The van der Waals surface area contributed by atoms with Gasteiger partial charge in [-0.05, 0) is 23.8 Å². The Labute approximate surface area is 121 Å². The first kappa shape index (κ1) is 13.0. The molecule has 0 bridgehead atoms. The molecule has 0 aliphatic heterocycles. The molecule has 3 aromatic rings. The normalized spacial score (nSPS) is 12.5. The maximum Gasteiger partial charge on any atom is 0.0846 e. The van der Waals surface area contributed by atoms with Gasteiger partial charge in [-0.3, -0.25) is 9.97 Å². The largest absolute Gasteiger partial charge is 0.388 e. The first-order valence-electron chi connectivity index (χ1n) is 6.36. The smallest absolute Gasteiger partial charge is 0.0846 e. The molecule has 100 valence electrons. The van der Waals surface area contributed by atoms with Crippen LogP contribution in [0.15, 0.2) is 55.0 Å². The van der Waals surface area contributed by atoms with Gasteiger partial charge in [0.05, 0.1) is 16.6 Å². The lowest BCUT2D eigenvalue weighted by molar-refractivity contribution is 0.179. The number of halogens is 1. The summed E-state index contributed by atoms with van der Waals surface area (Å²) in [5, 5.41) is 11.9. The summed E-state index contributed by atoms with van der Waals surface area (Å²) in [5.41, 5.74) is 2.68. The van der Waals surface area contributed by atoms with Gasteiger partial charge in [-0.15, -0.1) is 0 Å². The predicted molar refractivity (Wildman–Crippen MR) is 79.7 cm³/mol. The van der Waals surface area contributed by atoms with Crippen molar-refractivity contribution in [2.75, 3.05) is 0 Å². The predicted octanol–water partition coefficient (Wildman–Crippen LogP) is 3.56. The van der Waals surface area contributed by atoms with Crippen LogP contribution in [0.3, 0.4) is 0 Å². The van der Waals surface area contributed by atoms with E-state index >= 15 is 0 Å². The first-order chi connectivity index (χ1) is 9.75. The van der Waals surface area contributed by atoms with Crippen LogP contribution in [-0.2, 0) is 6.42 Å². The zero-order chi connectivity index (χ0) is 13.9. The maximum atomic E-state index is 10.4. The van der Waals surface area contributed by atoms with Gasteiger partial charge in [-0.1, -0.05) is 29.8 Å². The second kappa shape index (κ2) is 5.57. The van der Waals surface area contributed by atoms with Crippen molar-refractivity contribution in [1.29, 1.82) is 0 Å². The summed E-state index contributed by atoms with van der Waals surface area (Å²) in [6.07, 6.45) is 4.78. The molecule has 0 fully saturated rings. The molecule has 0 amide bonds. The van der Waals surface area contributed by atoms with Crippen molar-refractivity contribution < 1.29 is 5.11 Å². The van der Waals surface area contributed by atoms with Crippen LogP contribution in [0.5, 0.6) is 0 Å². The van der Waals surface area contributed by atoms with Crippen LogP contribution in [0.1, 0.15) is 17.2 Å². The Morgan fingerprint density at radius 1 is 1.10 bits per heavy atom. The van der Waals surface area contributed by atoms with Gasteiger partial charge in [0.15, 0.2) is 0 Å². The molecule has 1 aromatic carbocycles. The monoisotopic (exact) mass is 284 g/mol. The average molecular weight is 285 g/mol. The van der Waals surface area contributed by atoms with Gasteiger partial charge >= 0.3 is 0 Å². The fraction of sp³-hybridized carbons (Fsp3) is 0.125. The molecule has 0 aliphatic carbocycles. The number of aromatic nitrogens is 2. The number of para-hydroxylation sites is 1. The Morgan fingerprint density at radius 3 is 2.80 bits per heavy atom. The fourth-order valence-electron chi connectivity index (χ4n) is 2.31. The molecular weight excluding hydrogens is 272 g/mol. The maximum absolute atomic E-state index is 10.4. The van der Waals surface area contributed by atoms with Crippen molar-refractivity contribution in [3.63, 3.8) is 0 Å². The molecule has 2 aromatic heterocycles. The van der Waals surface area contributed by atoms with Gasteiger partial charge in [0.25, 0.3) is 0 Å². The molecule has 20 heavy (non-hydrogen) atoms. The van der Waals surface area contributed by atoms with E-state index < -0.39 is 6.10 Å². The molecule has 1 unspecified atom stereocenters. The highest BCUT2D eigenvalue weighted by Gasteiger charge is 2.13. The first-order valence-corrected chi connectivity index (χ1v) is 6.73. The third kappa shape index (κ3) is 2.50. The highest BCUT2D eigenvalue weighted by atomic mass is 35.5. The number of benzene rings is 1. The van der Waals surface area contributed by atoms with E-state index in [-0.39, 0.29) is 0 Å². The van der Waals surface area contributed by atoms with Crippen molar-refractivity contribution in [3.8, 4) is 0 Å². The molecule has 0 aliphatic rings. The summed E-state index contributed by atoms with van der Waals surface area (Å²) in [6.45, 7) is 0. The van der Waals surface area contributed by atoms with Crippen molar-refractivity contribution in [1.82, 2.24) is 9.97 Å². The molecule has 0 saturated heterocycles.